The zero-order valence-electron chi connectivity index (χ0n) is 13.2. The standard InChI is InChI=1S/C15H19N7O2/c23-14-6-10(9-21(14)11-3-4-11)7-16-15(24)17-8-13-20-19-12-2-1-5-18-22(12)13/h1-2,5,10-11H,3-4,6-9H2,(H2,16,17,24). The first-order valence-electron chi connectivity index (χ1n) is 8.17. The maximum absolute atomic E-state index is 11.9. The van der Waals surface area contributed by atoms with E-state index < -0.39 is 0 Å². The normalized spacial score (nSPS) is 20.6. The highest BCUT2D eigenvalue weighted by atomic mass is 16.2. The Morgan fingerprint density at radius 2 is 2.17 bits per heavy atom. The van der Waals surface area contributed by atoms with Crippen molar-refractivity contribution in [3.8, 4) is 0 Å². The number of carbonyl (C=O) groups excluding carboxylic acids is 2. The third-order valence-corrected chi connectivity index (χ3v) is 4.43. The van der Waals surface area contributed by atoms with Crippen LogP contribution in [0.1, 0.15) is 25.1 Å². The van der Waals surface area contributed by atoms with Gasteiger partial charge in [-0.15, -0.1) is 10.2 Å². The summed E-state index contributed by atoms with van der Waals surface area (Å²) in [7, 11) is 0. The highest BCUT2D eigenvalue weighted by Crippen LogP contribution is 2.32. The van der Waals surface area contributed by atoms with E-state index in [1.807, 2.05) is 4.90 Å². The summed E-state index contributed by atoms with van der Waals surface area (Å²) in [5, 5.41) is 17.7. The minimum Gasteiger partial charge on any atom is -0.339 e. The molecule has 0 spiro atoms. The number of nitrogens with one attached hydrogen (secondary N) is 2. The Balaban J connectivity index is 1.24. The van der Waals surface area contributed by atoms with Crippen LogP contribution in [0.2, 0.25) is 0 Å². The number of urea groups is 1. The van der Waals surface area contributed by atoms with E-state index in [1.54, 1.807) is 22.8 Å². The molecule has 2 aromatic heterocycles. The van der Waals surface area contributed by atoms with Gasteiger partial charge in [-0.2, -0.15) is 9.61 Å². The largest absolute Gasteiger partial charge is 0.339 e. The molecule has 2 N–H and O–H groups in total. The van der Waals surface area contributed by atoms with Crippen molar-refractivity contribution >= 4 is 17.6 Å². The molecule has 9 heteroatoms. The summed E-state index contributed by atoms with van der Waals surface area (Å²) in [4.78, 5) is 25.8. The van der Waals surface area contributed by atoms with Crippen molar-refractivity contribution < 1.29 is 9.59 Å². The van der Waals surface area contributed by atoms with Crippen LogP contribution >= 0.6 is 0 Å². The summed E-state index contributed by atoms with van der Waals surface area (Å²) < 4.78 is 1.59. The van der Waals surface area contributed by atoms with Gasteiger partial charge in [-0.05, 0) is 25.0 Å². The molecule has 9 nitrogen and oxygen atoms in total. The van der Waals surface area contributed by atoms with Gasteiger partial charge in [0.2, 0.25) is 5.91 Å². The summed E-state index contributed by atoms with van der Waals surface area (Å²) >= 11 is 0. The van der Waals surface area contributed by atoms with Crippen LogP contribution in [0.4, 0.5) is 4.79 Å². The molecule has 1 saturated heterocycles. The first-order valence-corrected chi connectivity index (χ1v) is 8.17. The molecule has 126 valence electrons. The van der Waals surface area contributed by atoms with Crippen LogP contribution in [0.5, 0.6) is 0 Å². The average molecular weight is 329 g/mol. The van der Waals surface area contributed by atoms with E-state index in [2.05, 4.69) is 25.9 Å². The number of aromatic nitrogens is 4. The average Bonchev–Trinajstić information content (AvgIpc) is 3.24. The Kier molecular flexibility index (Phi) is 3.75. The predicted molar refractivity (Wildman–Crippen MR) is 83.9 cm³/mol. The summed E-state index contributed by atoms with van der Waals surface area (Å²) in [6, 6.07) is 3.75. The highest BCUT2D eigenvalue weighted by molar-refractivity contribution is 5.79. The fourth-order valence-electron chi connectivity index (χ4n) is 3.04. The van der Waals surface area contributed by atoms with Gasteiger partial charge < -0.3 is 15.5 Å². The third-order valence-electron chi connectivity index (χ3n) is 4.43. The Labute approximate surface area is 138 Å². The smallest absolute Gasteiger partial charge is 0.315 e. The van der Waals surface area contributed by atoms with Gasteiger partial charge in [0.05, 0.1) is 6.54 Å². The minimum atomic E-state index is -0.278. The molecule has 2 fully saturated rings. The van der Waals surface area contributed by atoms with Crippen molar-refractivity contribution in [1.29, 1.82) is 0 Å². The van der Waals surface area contributed by atoms with Crippen molar-refractivity contribution in [2.24, 2.45) is 5.92 Å². The van der Waals surface area contributed by atoms with Gasteiger partial charge in [-0.3, -0.25) is 4.79 Å². The summed E-state index contributed by atoms with van der Waals surface area (Å²) in [6.07, 6.45) is 4.40. The minimum absolute atomic E-state index is 0.194. The number of fused-ring (bicyclic) bond motifs is 1. The molecule has 1 aliphatic carbocycles. The van der Waals surface area contributed by atoms with Crippen molar-refractivity contribution in [3.05, 3.63) is 24.2 Å². The molecular weight excluding hydrogens is 310 g/mol. The molecule has 1 aliphatic heterocycles. The fraction of sp³-hybridized carbons (Fsp3) is 0.533. The first-order chi connectivity index (χ1) is 11.7. The molecule has 0 aromatic carbocycles. The number of likely N-dealkylation sites (tertiary alicyclic amines) is 1. The lowest BCUT2D eigenvalue weighted by Gasteiger charge is -2.15. The second-order valence-electron chi connectivity index (χ2n) is 6.32. The lowest BCUT2D eigenvalue weighted by atomic mass is 10.1. The van der Waals surface area contributed by atoms with Crippen LogP contribution in [-0.2, 0) is 11.3 Å². The molecule has 3 amide bonds. The van der Waals surface area contributed by atoms with Crippen LogP contribution in [0.3, 0.4) is 0 Å². The molecular formula is C15H19N7O2. The van der Waals surface area contributed by atoms with Gasteiger partial charge in [-0.25, -0.2) is 4.79 Å². The predicted octanol–water partition coefficient (Wildman–Crippen LogP) is -0.0656. The number of nitrogens with zero attached hydrogens (tertiary/aromatic N) is 5. The molecule has 2 aromatic rings. The van der Waals surface area contributed by atoms with Gasteiger partial charge in [0.15, 0.2) is 11.5 Å². The first kappa shape index (κ1) is 14.9. The number of hydrogen-bond donors (Lipinski definition) is 2. The quantitative estimate of drug-likeness (QED) is 0.799. The topological polar surface area (TPSA) is 105 Å². The van der Waals surface area contributed by atoms with Gasteiger partial charge in [0.1, 0.15) is 0 Å². The van der Waals surface area contributed by atoms with Crippen LogP contribution in [-0.4, -0.2) is 55.8 Å². The van der Waals surface area contributed by atoms with Gasteiger partial charge in [0, 0.05) is 37.7 Å². The molecule has 2 aliphatic rings. The third kappa shape index (κ3) is 3.01. The van der Waals surface area contributed by atoms with Crippen molar-refractivity contribution in [3.63, 3.8) is 0 Å². The molecule has 1 atom stereocenters. The molecule has 0 radical (unpaired) electrons. The van der Waals surface area contributed by atoms with Crippen molar-refractivity contribution in [2.45, 2.75) is 31.8 Å². The lowest BCUT2D eigenvalue weighted by molar-refractivity contribution is -0.128. The molecule has 3 heterocycles. The van der Waals surface area contributed by atoms with E-state index in [0.717, 1.165) is 19.4 Å². The Morgan fingerprint density at radius 3 is 3.00 bits per heavy atom. The van der Waals surface area contributed by atoms with Gasteiger partial charge >= 0.3 is 6.03 Å². The van der Waals surface area contributed by atoms with Gasteiger partial charge in [-0.1, -0.05) is 0 Å². The highest BCUT2D eigenvalue weighted by Gasteiger charge is 2.39. The van der Waals surface area contributed by atoms with E-state index in [0.29, 0.717) is 30.5 Å². The van der Waals surface area contributed by atoms with Crippen LogP contribution in [0, 0.1) is 5.92 Å². The SMILES string of the molecule is O=C(NCc1nnc2cccnn12)NCC1CC(=O)N(C2CC2)C1. The lowest BCUT2D eigenvalue weighted by Crippen LogP contribution is -2.39. The fourth-order valence-corrected chi connectivity index (χ4v) is 3.04. The Morgan fingerprint density at radius 1 is 1.29 bits per heavy atom. The molecule has 24 heavy (non-hydrogen) atoms. The number of carbonyl (C=O) groups is 2. The summed E-state index contributed by atoms with van der Waals surface area (Å²) in [5.74, 6) is 0.974. The zero-order chi connectivity index (χ0) is 16.5. The van der Waals surface area contributed by atoms with E-state index >= 15 is 0 Å². The van der Waals surface area contributed by atoms with Crippen LogP contribution < -0.4 is 10.6 Å². The number of amides is 3. The number of rotatable bonds is 5. The summed E-state index contributed by atoms with van der Waals surface area (Å²) in [5.41, 5.74) is 0.638. The Bertz CT molecular complexity index is 770. The molecule has 4 rings (SSSR count). The van der Waals surface area contributed by atoms with Gasteiger partial charge in [0.25, 0.3) is 0 Å². The zero-order valence-corrected chi connectivity index (χ0v) is 13.2. The van der Waals surface area contributed by atoms with Crippen molar-refractivity contribution in [2.75, 3.05) is 13.1 Å². The van der Waals surface area contributed by atoms with Crippen molar-refractivity contribution in [1.82, 2.24) is 35.3 Å². The Hall–Kier alpha value is -2.71. The maximum atomic E-state index is 11.9. The van der Waals surface area contributed by atoms with Crippen LogP contribution in [0.25, 0.3) is 5.65 Å². The molecule has 0 bridgehead atoms. The van der Waals surface area contributed by atoms with E-state index in [-0.39, 0.29) is 24.4 Å². The molecule has 1 unspecified atom stereocenters. The molecule has 1 saturated carbocycles. The van der Waals surface area contributed by atoms with E-state index in [4.69, 9.17) is 0 Å². The second-order valence-corrected chi connectivity index (χ2v) is 6.32. The summed E-state index contributed by atoms with van der Waals surface area (Å²) in [6.45, 7) is 1.49. The van der Waals surface area contributed by atoms with Crippen LogP contribution in [0.15, 0.2) is 18.3 Å². The van der Waals surface area contributed by atoms with E-state index in [9.17, 15) is 9.59 Å². The maximum Gasteiger partial charge on any atom is 0.315 e. The monoisotopic (exact) mass is 329 g/mol. The number of hydrogen-bond acceptors (Lipinski definition) is 5. The second kappa shape index (κ2) is 6.06. The van der Waals surface area contributed by atoms with E-state index in [1.165, 1.54) is 0 Å².